The summed E-state index contributed by atoms with van der Waals surface area (Å²) in [7, 11) is -16.4. The van der Waals surface area contributed by atoms with E-state index >= 15 is 0 Å². The highest BCUT2D eigenvalue weighted by molar-refractivity contribution is 7.87. The van der Waals surface area contributed by atoms with Crippen LogP contribution in [0.4, 0.5) is 22.7 Å². The maximum Gasteiger partial charge on any atom is 0.408 e. The minimum absolute atomic E-state index is 0.00297. The average Bonchev–Trinajstić information content (AvgIpc) is 3.37. The zero-order valence-electron chi connectivity index (χ0n) is 38.1. The molecular formula is C43H43ClN12O13PS3+3. The fraction of sp³-hybridized carbons (Fsp3) is 0.0930. The lowest BCUT2D eigenvalue weighted by Crippen LogP contribution is -2.74. The summed E-state index contributed by atoms with van der Waals surface area (Å²) in [5, 5.41) is -0.0542. The Kier molecular flexibility index (Phi) is 14.9. The molecule has 6 aromatic rings. The van der Waals surface area contributed by atoms with Crippen LogP contribution >= 0.6 is 19.2 Å². The molecule has 30 heteroatoms. The smallest absolute Gasteiger partial charge is 0.408 e. The molecule has 380 valence electrons. The molecule has 25 nitrogen and oxygen atoms in total. The van der Waals surface area contributed by atoms with E-state index in [-0.39, 0.29) is 61.8 Å². The topological polar surface area (TPSA) is 382 Å². The Morgan fingerprint density at radius 1 is 0.822 bits per heavy atom. The highest BCUT2D eigenvalue weighted by atomic mass is 35.5. The van der Waals surface area contributed by atoms with E-state index in [0.717, 1.165) is 0 Å². The molecule has 1 unspecified atom stereocenters. The molecule has 8 rings (SSSR count). The first-order valence-corrected chi connectivity index (χ1v) is 27.2. The predicted molar refractivity (Wildman–Crippen MR) is 254 cm³/mol. The lowest BCUT2D eigenvalue weighted by atomic mass is 10.1. The third-order valence-electron chi connectivity index (χ3n) is 10.9. The molecule has 2 heterocycles. The van der Waals surface area contributed by atoms with Crippen LogP contribution in [0.3, 0.4) is 0 Å². The fourth-order valence-electron chi connectivity index (χ4n) is 7.51. The molecule has 0 spiro atoms. The number of quaternary nitrogens is 3. The number of aromatic nitrogens is 5. The Hall–Kier alpha value is -7.02. The molecule has 2 aliphatic rings. The van der Waals surface area contributed by atoms with Crippen molar-refractivity contribution >= 4 is 88.6 Å². The van der Waals surface area contributed by atoms with Crippen LogP contribution < -0.4 is 69.2 Å². The van der Waals surface area contributed by atoms with Crippen molar-refractivity contribution in [3.8, 4) is 22.8 Å². The van der Waals surface area contributed by atoms with E-state index < -0.39 is 47.7 Å². The highest BCUT2D eigenvalue weighted by Gasteiger charge is 2.27. The van der Waals surface area contributed by atoms with Crippen molar-refractivity contribution in [2.24, 2.45) is 4.99 Å². The summed E-state index contributed by atoms with van der Waals surface area (Å²) in [4.78, 5) is 38.6. The van der Waals surface area contributed by atoms with E-state index in [1.54, 1.807) is 53.1 Å². The molecule has 1 atom stereocenters. The Labute approximate surface area is 419 Å². The second kappa shape index (κ2) is 20.8. The number of fused-ring (bicyclic) bond motifs is 2. The van der Waals surface area contributed by atoms with Crippen molar-refractivity contribution in [3.63, 3.8) is 0 Å². The molecule has 0 bridgehead atoms. The number of benzene rings is 6. The van der Waals surface area contributed by atoms with Crippen molar-refractivity contribution in [1.29, 1.82) is 0 Å². The number of hydrogen-bond donors (Lipinski definition) is 7. The maximum atomic E-state index is 13.5. The van der Waals surface area contributed by atoms with Gasteiger partial charge in [-0.15, -0.1) is 4.62 Å². The van der Waals surface area contributed by atoms with Crippen LogP contribution in [0.15, 0.2) is 141 Å². The second-order valence-electron chi connectivity index (χ2n) is 15.4. The van der Waals surface area contributed by atoms with Crippen LogP contribution in [0.1, 0.15) is 12.5 Å². The third-order valence-corrected chi connectivity index (χ3v) is 15.6. The molecule has 1 aliphatic carbocycles. The van der Waals surface area contributed by atoms with Gasteiger partial charge in [0.05, 0.1) is 39.7 Å². The average molecular weight is 1100 g/mol. The molecule has 13 N–H and O–H groups in total. The van der Waals surface area contributed by atoms with Gasteiger partial charge in [0.2, 0.25) is 11.0 Å². The molecule has 0 radical (unpaired) electrons. The molecule has 1 aromatic heterocycles. The molecule has 0 saturated heterocycles. The van der Waals surface area contributed by atoms with Crippen LogP contribution in [0.5, 0.6) is 5.75 Å². The molecule has 5 aromatic carbocycles. The van der Waals surface area contributed by atoms with E-state index in [2.05, 4.69) is 56.5 Å². The summed E-state index contributed by atoms with van der Waals surface area (Å²) in [6.07, 6.45) is 0. The number of anilines is 1. The minimum Gasteiger partial charge on any atom is -0.495 e. The quantitative estimate of drug-likeness (QED) is 0.0219. The monoisotopic (exact) mass is 1100 g/mol. The lowest BCUT2D eigenvalue weighted by molar-refractivity contribution is -0.639. The van der Waals surface area contributed by atoms with Crippen molar-refractivity contribution in [3.05, 3.63) is 149 Å². The zero-order chi connectivity index (χ0) is 52.5. The number of nitrogens with one attached hydrogen (secondary N) is 2. The van der Waals surface area contributed by atoms with E-state index in [0.29, 0.717) is 45.6 Å². The van der Waals surface area contributed by atoms with Crippen LogP contribution in [0, 0.1) is 0 Å². The number of ether oxygens (including phenoxy) is 1. The number of nitrogens with zero attached hydrogens (tertiary/aromatic N) is 7. The molecule has 73 heavy (non-hydrogen) atoms. The largest absolute Gasteiger partial charge is 0.495 e. The van der Waals surface area contributed by atoms with Crippen LogP contribution in [-0.4, -0.2) is 62.9 Å². The van der Waals surface area contributed by atoms with Crippen molar-refractivity contribution in [1.82, 2.24) is 24.5 Å². The van der Waals surface area contributed by atoms with Crippen molar-refractivity contribution in [2.75, 3.05) is 18.6 Å². The summed E-state index contributed by atoms with van der Waals surface area (Å²) in [5.41, 5.74) is 3.19. The number of halogens is 1. The van der Waals surface area contributed by atoms with Crippen molar-refractivity contribution in [2.45, 2.75) is 28.2 Å². The second-order valence-corrected chi connectivity index (χ2v) is 22.2. The van der Waals surface area contributed by atoms with Gasteiger partial charge in [0.1, 0.15) is 27.2 Å². The maximum absolute atomic E-state index is 13.5. The first-order valence-electron chi connectivity index (χ1n) is 21.0. The normalized spacial score (nSPS) is 13.9. The number of methoxy groups -OCH3 is 1. The summed E-state index contributed by atoms with van der Waals surface area (Å²) in [6, 6.07) is 30.5. The number of rotatable bonds is 16. The summed E-state index contributed by atoms with van der Waals surface area (Å²) in [5.74, 6) is 9.11. The Balaban J connectivity index is 1.28. The van der Waals surface area contributed by atoms with Gasteiger partial charge in [-0.2, -0.15) is 37.0 Å². The molecular weight excluding hydrogens is 1060 g/mol. The van der Waals surface area contributed by atoms with Crippen LogP contribution in [-0.2, 0) is 54.7 Å². The minimum atomic E-state index is -4.83. The zero-order valence-corrected chi connectivity index (χ0v) is 42.2. The lowest BCUT2D eigenvalue weighted by Gasteiger charge is -2.25. The fourth-order valence-corrected chi connectivity index (χ4v) is 10.5. The van der Waals surface area contributed by atoms with E-state index in [9.17, 15) is 39.3 Å². The predicted octanol–water partition coefficient (Wildman–Crippen LogP) is -3.06. The summed E-state index contributed by atoms with van der Waals surface area (Å²) in [6.45, 7) is 2.62. The highest BCUT2D eigenvalue weighted by Crippen LogP contribution is 2.38. The van der Waals surface area contributed by atoms with E-state index in [4.69, 9.17) is 25.6 Å². The first kappa shape index (κ1) is 52.3. The van der Waals surface area contributed by atoms with E-state index in [1.165, 1.54) is 67.8 Å². The van der Waals surface area contributed by atoms with Crippen LogP contribution in [0.2, 0.25) is 5.28 Å². The van der Waals surface area contributed by atoms with Gasteiger partial charge in [-0.1, -0.05) is 38.4 Å². The Morgan fingerprint density at radius 3 is 2.30 bits per heavy atom. The SMILES string of the molecule is CCN(Cc1cccc(S(=O)(=O)O[NH3+])c1)c1ccc2nc3ccc(=[NH+]c4ccc(N=c5[n-]c(Cl)nc(=[NH+]c6cccc(P(=O)(O)O[NH3+])c6)[n-]5)cc4S(=O)(=O)O[NH3+])cc-3n(-c3ccc(OC)c(S(=O)(=O)O)c3)c2c1. The molecule has 1 aliphatic heterocycles. The van der Waals surface area contributed by atoms with Gasteiger partial charge in [-0.05, 0) is 97.4 Å². The molecule has 0 fully saturated rings. The van der Waals surface area contributed by atoms with Gasteiger partial charge in [0.15, 0.2) is 4.90 Å². The van der Waals surface area contributed by atoms with Crippen molar-refractivity contribution < 1.29 is 84.9 Å². The summed E-state index contributed by atoms with van der Waals surface area (Å²) >= 11 is 6.21. The Morgan fingerprint density at radius 2 is 1.59 bits per heavy atom. The van der Waals surface area contributed by atoms with Gasteiger partial charge < -0.3 is 24.1 Å². The first-order chi connectivity index (χ1) is 34.6. The molecule has 0 saturated carbocycles. The molecule has 0 amide bonds. The third kappa shape index (κ3) is 11.5. The van der Waals surface area contributed by atoms with Gasteiger partial charge in [-0.25, -0.2) is 20.4 Å². The van der Waals surface area contributed by atoms with Gasteiger partial charge in [0.25, 0.3) is 10.1 Å². The Bertz CT molecular complexity index is 4060. The van der Waals surface area contributed by atoms with E-state index in [1.807, 2.05) is 24.0 Å². The summed E-state index contributed by atoms with van der Waals surface area (Å²) < 4.78 is 121. The van der Waals surface area contributed by atoms with Crippen LogP contribution in [0.25, 0.3) is 28.1 Å². The van der Waals surface area contributed by atoms with Gasteiger partial charge >= 0.3 is 27.8 Å². The number of hydrogen-bond acceptors (Lipinski definition) is 15. The van der Waals surface area contributed by atoms with Gasteiger partial charge in [-0.3, -0.25) is 24.5 Å². The standard InChI is InChI=1S/C43H40ClN12O13PS3/c1-3-55(24-25-6-4-9-32(18-25)72(62,63)68-46)29-12-16-34-37(22-29)56(30-13-17-38(66-2)40(23-30)71(59,60)61)36-20-27(10-14-33(36)51-34)48-35-15-11-28(21-39(35)73(64,65)69-47)50-43-53-41(44)52-42(54-43)49-26-7-5-8-31(19-26)70(57,58)67-45/h4-23H,3,24H2,1-2,45-47H3,(H-3,49,50,52,53,54,57,58,59,60,61)/p+3. The van der Waals surface area contributed by atoms with Gasteiger partial charge in [0, 0.05) is 54.0 Å².